The smallest absolute Gasteiger partial charge is 0.0484 e. The van der Waals surface area contributed by atoms with Gasteiger partial charge in [0, 0.05) is 46.8 Å². The molecule has 122 valence electrons. The maximum atomic E-state index is 3.60. The summed E-state index contributed by atoms with van der Waals surface area (Å²) >= 11 is 5.24. The molecule has 0 aliphatic rings. The predicted octanol–water partition coefficient (Wildman–Crippen LogP) is 4.71. The molecule has 2 aromatic rings. The summed E-state index contributed by atoms with van der Waals surface area (Å²) in [5, 5.41) is 1.37. The minimum Gasteiger partial charge on any atom is -0.346 e. The van der Waals surface area contributed by atoms with Crippen molar-refractivity contribution in [3.05, 3.63) is 34.4 Å². The van der Waals surface area contributed by atoms with Gasteiger partial charge in [-0.2, -0.15) is 0 Å². The van der Waals surface area contributed by atoms with E-state index >= 15 is 0 Å². The van der Waals surface area contributed by atoms with Crippen LogP contribution < -0.4 is 4.72 Å². The Kier molecular flexibility index (Phi) is 6.00. The molecule has 0 aliphatic heterocycles. The van der Waals surface area contributed by atoms with E-state index in [1.807, 2.05) is 14.1 Å². The van der Waals surface area contributed by atoms with Crippen molar-refractivity contribution in [3.63, 3.8) is 0 Å². The molecule has 0 saturated carbocycles. The molecule has 0 aliphatic carbocycles. The lowest BCUT2D eigenvalue weighted by Crippen LogP contribution is -2.17. The summed E-state index contributed by atoms with van der Waals surface area (Å²) in [6.07, 6.45) is 3.41. The van der Waals surface area contributed by atoms with Crippen LogP contribution in [0.1, 0.15) is 26.3 Å². The fraction of sp³-hybridized carbons (Fsp3) is 0.529. The SMILES string of the molecule is CN(C)SNCCn1cc(CC(C)(C)C)c2cc(Br)ccc21. The highest BCUT2D eigenvalue weighted by molar-refractivity contribution is 9.10. The molecule has 0 saturated heterocycles. The third-order valence-corrected chi connectivity index (χ3v) is 4.54. The van der Waals surface area contributed by atoms with Crippen LogP contribution in [0, 0.1) is 5.41 Å². The molecule has 0 atom stereocenters. The molecular weight excluding hydrogens is 358 g/mol. The Morgan fingerprint density at radius 3 is 2.64 bits per heavy atom. The van der Waals surface area contributed by atoms with Crippen molar-refractivity contribution in [2.75, 3.05) is 20.6 Å². The quantitative estimate of drug-likeness (QED) is 0.576. The number of aromatic nitrogens is 1. The first-order valence-corrected chi connectivity index (χ1v) is 9.17. The van der Waals surface area contributed by atoms with Crippen molar-refractivity contribution >= 4 is 39.0 Å². The molecule has 22 heavy (non-hydrogen) atoms. The molecule has 1 aromatic carbocycles. The summed E-state index contributed by atoms with van der Waals surface area (Å²) < 4.78 is 8.96. The van der Waals surface area contributed by atoms with Gasteiger partial charge in [0.05, 0.1) is 0 Å². The van der Waals surface area contributed by atoms with Gasteiger partial charge in [-0.05, 0) is 49.7 Å². The van der Waals surface area contributed by atoms with Crippen LogP contribution in [-0.2, 0) is 13.0 Å². The van der Waals surface area contributed by atoms with Crippen molar-refractivity contribution in [2.45, 2.75) is 33.7 Å². The number of hydrogen-bond donors (Lipinski definition) is 1. The first-order valence-electron chi connectivity index (χ1n) is 7.61. The normalized spacial score (nSPS) is 12.5. The highest BCUT2D eigenvalue weighted by Crippen LogP contribution is 2.30. The zero-order chi connectivity index (χ0) is 16.3. The molecule has 0 spiro atoms. The van der Waals surface area contributed by atoms with Crippen LogP contribution in [0.4, 0.5) is 0 Å². The van der Waals surface area contributed by atoms with Gasteiger partial charge in [0.15, 0.2) is 0 Å². The van der Waals surface area contributed by atoms with Crippen LogP contribution in [0.5, 0.6) is 0 Å². The van der Waals surface area contributed by atoms with Gasteiger partial charge in [0.25, 0.3) is 0 Å². The van der Waals surface area contributed by atoms with E-state index in [0.717, 1.165) is 24.0 Å². The first-order chi connectivity index (χ1) is 10.3. The summed E-state index contributed by atoms with van der Waals surface area (Å²) in [6.45, 7) is 8.80. The lowest BCUT2D eigenvalue weighted by Gasteiger charge is -2.17. The standard InChI is InChI=1S/C17H26BrN3S/c1-17(2,3)11-13-12-21(9-8-19-22-20(4)5)16-7-6-14(18)10-15(13)16/h6-7,10,12,19H,8-9,11H2,1-5H3. The van der Waals surface area contributed by atoms with Crippen LogP contribution in [0.15, 0.2) is 28.9 Å². The van der Waals surface area contributed by atoms with Gasteiger partial charge in [0.2, 0.25) is 0 Å². The fourth-order valence-electron chi connectivity index (χ4n) is 2.58. The Morgan fingerprint density at radius 2 is 2.00 bits per heavy atom. The highest BCUT2D eigenvalue weighted by Gasteiger charge is 2.16. The van der Waals surface area contributed by atoms with Gasteiger partial charge in [-0.25, -0.2) is 9.03 Å². The molecule has 5 heteroatoms. The summed E-state index contributed by atoms with van der Waals surface area (Å²) in [5.41, 5.74) is 3.05. The zero-order valence-electron chi connectivity index (χ0n) is 14.1. The molecule has 0 bridgehead atoms. The van der Waals surface area contributed by atoms with E-state index in [2.05, 4.69) is 74.7 Å². The van der Waals surface area contributed by atoms with Crippen molar-refractivity contribution in [1.29, 1.82) is 0 Å². The summed E-state index contributed by atoms with van der Waals surface area (Å²) in [6, 6.07) is 6.58. The molecule has 1 aromatic heterocycles. The number of rotatable bonds is 6. The predicted molar refractivity (Wildman–Crippen MR) is 102 cm³/mol. The van der Waals surface area contributed by atoms with Gasteiger partial charge in [0.1, 0.15) is 0 Å². The molecule has 0 radical (unpaired) electrons. The summed E-state index contributed by atoms with van der Waals surface area (Å²) in [7, 11) is 4.09. The minimum atomic E-state index is 0.292. The topological polar surface area (TPSA) is 20.2 Å². The van der Waals surface area contributed by atoms with E-state index in [4.69, 9.17) is 0 Å². The highest BCUT2D eigenvalue weighted by atomic mass is 79.9. The second kappa shape index (κ2) is 7.39. The molecule has 1 heterocycles. The third-order valence-electron chi connectivity index (χ3n) is 3.35. The summed E-state index contributed by atoms with van der Waals surface area (Å²) in [5.74, 6) is 0. The van der Waals surface area contributed by atoms with Gasteiger partial charge in [-0.1, -0.05) is 36.7 Å². The fourth-order valence-corrected chi connectivity index (χ4v) is 3.38. The number of nitrogens with one attached hydrogen (secondary N) is 1. The van der Waals surface area contributed by atoms with E-state index in [1.54, 1.807) is 12.1 Å². The lowest BCUT2D eigenvalue weighted by molar-refractivity contribution is 0.412. The second-order valence-electron chi connectivity index (χ2n) is 7.04. The maximum absolute atomic E-state index is 3.60. The van der Waals surface area contributed by atoms with Crippen LogP contribution in [0.25, 0.3) is 10.9 Å². The van der Waals surface area contributed by atoms with Gasteiger partial charge in [-0.15, -0.1) is 0 Å². The zero-order valence-corrected chi connectivity index (χ0v) is 16.5. The van der Waals surface area contributed by atoms with E-state index in [1.165, 1.54) is 16.5 Å². The van der Waals surface area contributed by atoms with Crippen molar-refractivity contribution in [2.24, 2.45) is 5.41 Å². The minimum absolute atomic E-state index is 0.292. The average Bonchev–Trinajstić information content (AvgIpc) is 2.70. The molecule has 0 unspecified atom stereocenters. The summed E-state index contributed by atoms with van der Waals surface area (Å²) in [4.78, 5) is 0. The maximum Gasteiger partial charge on any atom is 0.0484 e. The number of halogens is 1. The van der Waals surface area contributed by atoms with Crippen molar-refractivity contribution in [3.8, 4) is 0 Å². The van der Waals surface area contributed by atoms with Crippen LogP contribution in [0.3, 0.4) is 0 Å². The van der Waals surface area contributed by atoms with E-state index in [-0.39, 0.29) is 0 Å². The number of hydrogen-bond acceptors (Lipinski definition) is 3. The first kappa shape index (κ1) is 17.9. The molecular formula is C17H26BrN3S. The Labute approximate surface area is 146 Å². The van der Waals surface area contributed by atoms with E-state index in [0.29, 0.717) is 5.41 Å². The number of nitrogens with zero attached hydrogens (tertiary/aromatic N) is 2. The van der Waals surface area contributed by atoms with Crippen LogP contribution >= 0.6 is 28.1 Å². The Morgan fingerprint density at radius 1 is 1.27 bits per heavy atom. The van der Waals surface area contributed by atoms with Crippen LogP contribution in [-0.4, -0.2) is 29.5 Å². The average molecular weight is 384 g/mol. The Hall–Kier alpha value is -0.490. The van der Waals surface area contributed by atoms with Gasteiger partial charge < -0.3 is 4.57 Å². The van der Waals surface area contributed by atoms with Gasteiger partial charge in [-0.3, -0.25) is 0 Å². The Balaban J connectivity index is 2.22. The second-order valence-corrected chi connectivity index (χ2v) is 9.16. The number of fused-ring (bicyclic) bond motifs is 1. The molecule has 1 N–H and O–H groups in total. The molecule has 3 nitrogen and oxygen atoms in total. The molecule has 0 fully saturated rings. The largest absolute Gasteiger partial charge is 0.346 e. The molecule has 2 rings (SSSR count). The van der Waals surface area contributed by atoms with E-state index in [9.17, 15) is 0 Å². The monoisotopic (exact) mass is 383 g/mol. The number of benzene rings is 1. The third kappa shape index (κ3) is 5.01. The lowest BCUT2D eigenvalue weighted by atomic mass is 9.88. The van der Waals surface area contributed by atoms with Crippen LogP contribution in [0.2, 0.25) is 0 Å². The Bertz CT molecular complexity index is 629. The van der Waals surface area contributed by atoms with Gasteiger partial charge >= 0.3 is 0 Å². The van der Waals surface area contributed by atoms with Crippen molar-refractivity contribution in [1.82, 2.24) is 13.6 Å². The van der Waals surface area contributed by atoms with E-state index < -0.39 is 0 Å². The molecule has 0 amide bonds. The van der Waals surface area contributed by atoms with Crippen molar-refractivity contribution < 1.29 is 0 Å².